The molecule has 19 heavy (non-hydrogen) atoms. The molecule has 0 bridgehead atoms. The number of nitrogens with zero attached hydrogens (tertiary/aromatic N) is 3. The summed E-state index contributed by atoms with van der Waals surface area (Å²) in [6.45, 7) is 3.59. The average molecular weight is 317 g/mol. The Hall–Kier alpha value is 0.180. The molecule has 0 heterocycles. The number of hydrogen-bond acceptors (Lipinski definition) is 7. The van der Waals surface area contributed by atoms with Crippen LogP contribution >= 0.6 is 7.71 Å². The molecule has 0 aromatic carbocycles. The van der Waals surface area contributed by atoms with Crippen LogP contribution in [0, 0.1) is 0 Å². The van der Waals surface area contributed by atoms with E-state index in [1.54, 1.807) is 0 Å². The zero-order valence-corrected chi connectivity index (χ0v) is 15.0. The fourth-order valence-electron chi connectivity index (χ4n) is 2.07. The van der Waals surface area contributed by atoms with Gasteiger partial charge in [0.2, 0.25) is 18.1 Å². The van der Waals surface area contributed by atoms with Crippen LogP contribution in [0.4, 0.5) is 0 Å². The minimum Gasteiger partial charge on any atom is -0.726 e. The highest BCUT2D eigenvalue weighted by atomic mass is 32.3. The summed E-state index contributed by atoms with van der Waals surface area (Å²) in [7, 11) is 7.37. The molecule has 0 aromatic heterocycles. The molecule has 0 rings (SSSR count). The lowest BCUT2D eigenvalue weighted by Crippen LogP contribution is -2.37. The Morgan fingerprint density at radius 2 is 1.26 bits per heavy atom. The van der Waals surface area contributed by atoms with Gasteiger partial charge in [0, 0.05) is 42.3 Å². The van der Waals surface area contributed by atoms with Crippen molar-refractivity contribution < 1.29 is 17.2 Å². The van der Waals surface area contributed by atoms with Crippen LogP contribution in [-0.2, 0) is 14.6 Å². The van der Waals surface area contributed by atoms with E-state index < -0.39 is 18.1 Å². The molecule has 0 fully saturated rings. The third kappa shape index (κ3) is 7.51. The van der Waals surface area contributed by atoms with Gasteiger partial charge in [-0.2, -0.15) is 14.0 Å². The minimum atomic E-state index is -4.42. The molecule has 0 saturated heterocycles. The molecule has 0 atom stereocenters. The minimum absolute atomic E-state index is 0.0914. The first kappa shape index (κ1) is 21.5. The van der Waals surface area contributed by atoms with Crippen molar-refractivity contribution in [3.63, 3.8) is 0 Å². The van der Waals surface area contributed by atoms with E-state index in [0.29, 0.717) is 0 Å². The van der Waals surface area contributed by atoms with Crippen molar-refractivity contribution in [3.8, 4) is 0 Å². The van der Waals surface area contributed by atoms with Crippen LogP contribution in [0.3, 0.4) is 0 Å². The van der Waals surface area contributed by atoms with Gasteiger partial charge < -0.3 is 4.55 Å². The maximum absolute atomic E-state index is 9.45. The Morgan fingerprint density at radius 1 is 0.947 bits per heavy atom. The second kappa shape index (κ2) is 9.18. The third-order valence-electron chi connectivity index (χ3n) is 2.61. The monoisotopic (exact) mass is 317 g/mol. The van der Waals surface area contributed by atoms with Crippen LogP contribution in [0.5, 0.6) is 0 Å². The molecule has 0 aliphatic carbocycles. The van der Waals surface area contributed by atoms with Gasteiger partial charge in [0.1, 0.15) is 6.16 Å². The molecule has 0 N–H and O–H groups in total. The summed E-state index contributed by atoms with van der Waals surface area (Å²) in [5.74, 6) is 0. The van der Waals surface area contributed by atoms with E-state index in [1.807, 2.05) is 0 Å². The Kier molecular flexibility index (Phi) is 10.4. The van der Waals surface area contributed by atoms with E-state index in [0.717, 1.165) is 0 Å². The second-order valence-corrected chi connectivity index (χ2v) is 9.84. The van der Waals surface area contributed by atoms with Gasteiger partial charge in [-0.1, -0.05) is 0 Å². The standard InChI is InChI=1S/C8H23N3P.C2H6O4S/c1-8-12(9(2)3,10(4)5)11(6)7;1-2-6-7(3,4)5/h8H2,1-7H3;2H2,1H3,(H,3,4,5)/q+1;/p-1. The maximum atomic E-state index is 9.45. The number of rotatable bonds is 6. The van der Waals surface area contributed by atoms with Crippen molar-refractivity contribution in [2.24, 2.45) is 0 Å². The lowest BCUT2D eigenvalue weighted by molar-refractivity contribution is 0.275. The highest BCUT2D eigenvalue weighted by Gasteiger charge is 2.45. The highest BCUT2D eigenvalue weighted by molar-refractivity contribution is 7.80. The summed E-state index contributed by atoms with van der Waals surface area (Å²) in [5.41, 5.74) is 0. The van der Waals surface area contributed by atoms with Crippen LogP contribution in [0.1, 0.15) is 13.8 Å². The first-order valence-corrected chi connectivity index (χ1v) is 9.13. The summed E-state index contributed by atoms with van der Waals surface area (Å²) < 4.78 is 39.1. The summed E-state index contributed by atoms with van der Waals surface area (Å²) in [6, 6.07) is 0. The predicted octanol–water partition coefficient (Wildman–Crippen LogP) is 0.937. The Labute approximate surface area is 119 Å². The summed E-state index contributed by atoms with van der Waals surface area (Å²) >= 11 is 0. The van der Waals surface area contributed by atoms with Crippen LogP contribution in [-0.4, -0.2) is 82.0 Å². The molecule has 0 aromatic rings. The summed E-state index contributed by atoms with van der Waals surface area (Å²) in [4.78, 5) is 0. The van der Waals surface area contributed by atoms with Gasteiger partial charge in [0.15, 0.2) is 0 Å². The van der Waals surface area contributed by atoms with Crippen molar-refractivity contribution in [3.05, 3.63) is 0 Å². The Bertz CT molecular complexity index is 312. The van der Waals surface area contributed by atoms with Gasteiger partial charge in [-0.15, -0.1) is 0 Å². The molecule has 7 nitrogen and oxygen atoms in total. The van der Waals surface area contributed by atoms with Gasteiger partial charge >= 0.3 is 0 Å². The van der Waals surface area contributed by atoms with Gasteiger partial charge in [0.05, 0.1) is 6.61 Å². The van der Waals surface area contributed by atoms with Crippen molar-refractivity contribution in [1.82, 2.24) is 14.0 Å². The smallest absolute Gasteiger partial charge is 0.225 e. The lowest BCUT2D eigenvalue weighted by Gasteiger charge is -2.39. The summed E-state index contributed by atoms with van der Waals surface area (Å²) in [5, 5.41) is 0. The quantitative estimate of drug-likeness (QED) is 0.410. The van der Waals surface area contributed by atoms with Crippen LogP contribution in [0.2, 0.25) is 0 Å². The van der Waals surface area contributed by atoms with E-state index in [4.69, 9.17) is 0 Å². The van der Waals surface area contributed by atoms with E-state index >= 15 is 0 Å². The summed E-state index contributed by atoms with van der Waals surface area (Å²) in [6.07, 6.45) is 1.19. The molecule has 0 aliphatic rings. The first-order chi connectivity index (χ1) is 8.45. The largest absolute Gasteiger partial charge is 0.726 e. The van der Waals surface area contributed by atoms with E-state index in [-0.39, 0.29) is 6.61 Å². The molecular formula is C10H28N3O4PS. The molecule has 0 saturated carbocycles. The van der Waals surface area contributed by atoms with Crippen molar-refractivity contribution in [1.29, 1.82) is 0 Å². The maximum Gasteiger partial charge on any atom is 0.225 e. The molecule has 9 heteroatoms. The highest BCUT2D eigenvalue weighted by Crippen LogP contribution is 2.62. The number of hydrogen-bond donors (Lipinski definition) is 0. The van der Waals surface area contributed by atoms with Crippen LogP contribution in [0.25, 0.3) is 0 Å². The molecular weight excluding hydrogens is 289 g/mol. The van der Waals surface area contributed by atoms with E-state index in [9.17, 15) is 13.0 Å². The normalized spacial score (nSPS) is 12.8. The lowest BCUT2D eigenvalue weighted by atomic mass is 10.9. The van der Waals surface area contributed by atoms with E-state index in [1.165, 1.54) is 13.1 Å². The fraction of sp³-hybridized carbons (Fsp3) is 1.00. The topological polar surface area (TPSA) is 76.1 Å². The first-order valence-electron chi connectivity index (χ1n) is 5.97. The third-order valence-corrected chi connectivity index (χ3v) is 7.82. The zero-order chi connectivity index (χ0) is 15.9. The van der Waals surface area contributed by atoms with Crippen LogP contribution < -0.4 is 0 Å². The Morgan fingerprint density at radius 3 is 1.26 bits per heavy atom. The molecule has 0 radical (unpaired) electrons. The molecule has 0 unspecified atom stereocenters. The predicted molar refractivity (Wildman–Crippen MR) is 79.8 cm³/mol. The van der Waals surface area contributed by atoms with Crippen molar-refractivity contribution in [2.75, 3.05) is 55.1 Å². The molecule has 118 valence electrons. The van der Waals surface area contributed by atoms with Gasteiger partial charge in [0.25, 0.3) is 0 Å². The van der Waals surface area contributed by atoms with Crippen LogP contribution in [0.15, 0.2) is 0 Å². The molecule has 0 spiro atoms. The van der Waals surface area contributed by atoms with Gasteiger partial charge in [-0.05, 0) is 13.8 Å². The average Bonchev–Trinajstić information content (AvgIpc) is 2.16. The molecule has 0 aliphatic heterocycles. The van der Waals surface area contributed by atoms with Crippen molar-refractivity contribution in [2.45, 2.75) is 13.8 Å². The Balaban J connectivity index is 0. The zero-order valence-electron chi connectivity index (χ0n) is 13.2. The van der Waals surface area contributed by atoms with Gasteiger partial charge in [-0.3, -0.25) is 4.18 Å². The van der Waals surface area contributed by atoms with E-state index in [2.05, 4.69) is 67.4 Å². The fourth-order valence-corrected chi connectivity index (χ4v) is 6.20. The van der Waals surface area contributed by atoms with Crippen molar-refractivity contribution >= 4 is 18.1 Å². The van der Waals surface area contributed by atoms with Gasteiger partial charge in [-0.25, -0.2) is 8.42 Å². The second-order valence-electron chi connectivity index (χ2n) is 4.37. The SMILES string of the molecule is CCOS(=O)(=O)[O-].CC[P+](N(C)C)(N(C)C)N(C)C. The molecule has 0 amide bonds.